The fourth-order valence-corrected chi connectivity index (χ4v) is 1.57. The van der Waals surface area contributed by atoms with Crippen LogP contribution in [0.15, 0.2) is 28.7 Å². The molecule has 0 aliphatic rings. The zero-order chi connectivity index (χ0) is 13.1. The lowest BCUT2D eigenvalue weighted by Crippen LogP contribution is -2.30. The minimum absolute atomic E-state index is 0.446. The quantitative estimate of drug-likeness (QED) is 0.908. The molecule has 0 fully saturated rings. The molecule has 0 saturated heterocycles. The number of rotatable bonds is 3. The smallest absolute Gasteiger partial charge is 0.349 e. The van der Waals surface area contributed by atoms with Gasteiger partial charge in [-0.2, -0.15) is 13.2 Å². The summed E-state index contributed by atoms with van der Waals surface area (Å²) in [7, 11) is 0. The van der Waals surface area contributed by atoms with E-state index in [0.717, 1.165) is 10.0 Å². The molecule has 1 aromatic rings. The van der Waals surface area contributed by atoms with Crippen molar-refractivity contribution in [1.82, 2.24) is 5.32 Å². The van der Waals surface area contributed by atoms with Crippen LogP contribution in [0.5, 0.6) is 0 Å². The fraction of sp³-hybridized carbons (Fsp3) is 0.364. The van der Waals surface area contributed by atoms with Gasteiger partial charge in [-0.1, -0.05) is 28.1 Å². The lowest BCUT2D eigenvalue weighted by molar-refractivity contribution is -0.154. The summed E-state index contributed by atoms with van der Waals surface area (Å²) in [4.78, 5) is 11.1. The predicted molar refractivity (Wildman–Crippen MR) is 61.4 cm³/mol. The van der Waals surface area contributed by atoms with Crippen molar-refractivity contribution in [2.45, 2.75) is 25.6 Å². The number of carbonyl (C=O) groups is 1. The van der Waals surface area contributed by atoms with E-state index in [1.165, 1.54) is 0 Å². The van der Waals surface area contributed by atoms with Gasteiger partial charge in [0.05, 0.1) is 6.04 Å². The van der Waals surface area contributed by atoms with Crippen molar-refractivity contribution < 1.29 is 18.0 Å². The first-order valence-corrected chi connectivity index (χ1v) is 5.69. The Morgan fingerprint density at radius 2 is 1.88 bits per heavy atom. The number of hydrogen-bond acceptors (Lipinski definition) is 1. The molecule has 0 bridgehead atoms. The minimum Gasteiger partial charge on any atom is -0.349 e. The maximum atomic E-state index is 11.9. The van der Waals surface area contributed by atoms with E-state index in [2.05, 4.69) is 21.2 Å². The summed E-state index contributed by atoms with van der Waals surface area (Å²) >= 11 is 3.25. The van der Waals surface area contributed by atoms with E-state index in [0.29, 0.717) is 0 Å². The van der Waals surface area contributed by atoms with Gasteiger partial charge in [0.25, 0.3) is 0 Å². The van der Waals surface area contributed by atoms with E-state index in [1.54, 1.807) is 31.2 Å². The fourth-order valence-electron chi connectivity index (χ4n) is 1.31. The van der Waals surface area contributed by atoms with Gasteiger partial charge in [0.15, 0.2) is 0 Å². The molecule has 0 radical (unpaired) electrons. The summed E-state index contributed by atoms with van der Waals surface area (Å²) in [5.41, 5.74) is 0.753. The van der Waals surface area contributed by atoms with E-state index in [-0.39, 0.29) is 0 Å². The zero-order valence-corrected chi connectivity index (χ0v) is 10.6. The molecular weight excluding hydrogens is 299 g/mol. The molecule has 1 aromatic carbocycles. The second kappa shape index (κ2) is 5.53. The van der Waals surface area contributed by atoms with Gasteiger partial charge in [0.2, 0.25) is 5.91 Å². The summed E-state index contributed by atoms with van der Waals surface area (Å²) in [6.45, 7) is 1.64. The van der Waals surface area contributed by atoms with Crippen LogP contribution in [0.4, 0.5) is 13.2 Å². The van der Waals surface area contributed by atoms with Crippen molar-refractivity contribution in [3.8, 4) is 0 Å². The summed E-state index contributed by atoms with van der Waals surface area (Å²) in [6, 6.07) is 6.56. The predicted octanol–water partition coefficient (Wildman–Crippen LogP) is 3.58. The maximum Gasteiger partial charge on any atom is 0.397 e. The molecule has 17 heavy (non-hydrogen) atoms. The Kier molecular flexibility index (Phi) is 4.56. The van der Waals surface area contributed by atoms with Gasteiger partial charge in [0.1, 0.15) is 6.42 Å². The zero-order valence-electron chi connectivity index (χ0n) is 9.01. The van der Waals surface area contributed by atoms with Crippen LogP contribution in [-0.4, -0.2) is 12.1 Å². The van der Waals surface area contributed by atoms with Gasteiger partial charge in [0, 0.05) is 4.47 Å². The van der Waals surface area contributed by atoms with Gasteiger partial charge >= 0.3 is 6.18 Å². The molecule has 1 amide bonds. The van der Waals surface area contributed by atoms with E-state index < -0.39 is 24.5 Å². The average molecular weight is 310 g/mol. The van der Waals surface area contributed by atoms with Gasteiger partial charge in [-0.3, -0.25) is 4.79 Å². The first kappa shape index (κ1) is 14.0. The molecule has 0 aliphatic carbocycles. The Balaban J connectivity index is 2.57. The second-order valence-corrected chi connectivity index (χ2v) is 4.55. The Labute approximate surface area is 105 Å². The summed E-state index contributed by atoms with van der Waals surface area (Å²) in [5.74, 6) is -1.02. The number of alkyl halides is 3. The van der Waals surface area contributed by atoms with Crippen LogP contribution in [-0.2, 0) is 4.79 Å². The van der Waals surface area contributed by atoms with Crippen molar-refractivity contribution in [2.24, 2.45) is 0 Å². The van der Waals surface area contributed by atoms with Crippen LogP contribution in [0.25, 0.3) is 0 Å². The largest absolute Gasteiger partial charge is 0.397 e. The lowest BCUT2D eigenvalue weighted by atomic mass is 10.1. The summed E-state index contributed by atoms with van der Waals surface area (Å²) in [5, 5.41) is 2.30. The molecule has 1 atom stereocenters. The van der Waals surface area contributed by atoms with Crippen molar-refractivity contribution in [3.05, 3.63) is 34.3 Å². The Bertz CT molecular complexity index is 389. The monoisotopic (exact) mass is 309 g/mol. The average Bonchev–Trinajstić information content (AvgIpc) is 2.15. The number of benzene rings is 1. The summed E-state index contributed by atoms with van der Waals surface area (Å²) < 4.78 is 36.7. The number of hydrogen-bond donors (Lipinski definition) is 1. The highest BCUT2D eigenvalue weighted by Crippen LogP contribution is 2.21. The Morgan fingerprint density at radius 3 is 2.35 bits per heavy atom. The first-order chi connectivity index (χ1) is 7.78. The highest BCUT2D eigenvalue weighted by molar-refractivity contribution is 9.10. The number of amides is 1. The topological polar surface area (TPSA) is 29.1 Å². The third-order valence-corrected chi connectivity index (χ3v) is 2.64. The minimum atomic E-state index is -4.47. The SMILES string of the molecule is CC(NC(=O)CC(F)(F)F)c1ccc(Br)cc1. The third-order valence-electron chi connectivity index (χ3n) is 2.11. The molecule has 2 nitrogen and oxygen atoms in total. The highest BCUT2D eigenvalue weighted by atomic mass is 79.9. The van der Waals surface area contributed by atoms with Crippen LogP contribution in [0.1, 0.15) is 24.9 Å². The Hall–Kier alpha value is -1.04. The van der Waals surface area contributed by atoms with Gasteiger partial charge in [-0.05, 0) is 24.6 Å². The van der Waals surface area contributed by atoms with Crippen LogP contribution >= 0.6 is 15.9 Å². The van der Waals surface area contributed by atoms with E-state index in [9.17, 15) is 18.0 Å². The molecule has 1 unspecified atom stereocenters. The van der Waals surface area contributed by atoms with Crippen molar-refractivity contribution in [2.75, 3.05) is 0 Å². The molecule has 0 heterocycles. The van der Waals surface area contributed by atoms with Crippen molar-refractivity contribution in [3.63, 3.8) is 0 Å². The normalized spacial score (nSPS) is 13.2. The van der Waals surface area contributed by atoms with Crippen LogP contribution in [0.3, 0.4) is 0 Å². The lowest BCUT2D eigenvalue weighted by Gasteiger charge is -2.15. The van der Waals surface area contributed by atoms with E-state index in [4.69, 9.17) is 0 Å². The first-order valence-electron chi connectivity index (χ1n) is 4.89. The van der Waals surface area contributed by atoms with Gasteiger partial charge < -0.3 is 5.32 Å². The van der Waals surface area contributed by atoms with E-state index in [1.807, 2.05) is 0 Å². The second-order valence-electron chi connectivity index (χ2n) is 3.63. The van der Waals surface area contributed by atoms with Crippen molar-refractivity contribution in [1.29, 1.82) is 0 Å². The van der Waals surface area contributed by atoms with Gasteiger partial charge in [-0.15, -0.1) is 0 Å². The van der Waals surface area contributed by atoms with Gasteiger partial charge in [-0.25, -0.2) is 0 Å². The third kappa shape index (κ3) is 5.21. The molecule has 1 N–H and O–H groups in total. The molecule has 0 aromatic heterocycles. The number of nitrogens with one attached hydrogen (secondary N) is 1. The molecule has 94 valence electrons. The molecule has 0 saturated carbocycles. The van der Waals surface area contributed by atoms with Crippen LogP contribution < -0.4 is 5.32 Å². The number of halogens is 4. The molecule has 0 spiro atoms. The summed E-state index contributed by atoms with van der Waals surface area (Å²) in [6.07, 6.45) is -5.92. The number of carbonyl (C=O) groups excluding carboxylic acids is 1. The highest BCUT2D eigenvalue weighted by Gasteiger charge is 2.31. The van der Waals surface area contributed by atoms with E-state index >= 15 is 0 Å². The maximum absolute atomic E-state index is 11.9. The molecule has 0 aliphatic heterocycles. The Morgan fingerprint density at radius 1 is 1.35 bits per heavy atom. The molecular formula is C11H11BrF3NO. The standard InChI is InChI=1S/C11H11BrF3NO/c1-7(8-2-4-9(12)5-3-8)16-10(17)6-11(13,14)15/h2-5,7H,6H2,1H3,(H,16,17). The van der Waals surface area contributed by atoms with Crippen LogP contribution in [0, 0.1) is 0 Å². The molecule has 6 heteroatoms. The van der Waals surface area contributed by atoms with Crippen molar-refractivity contribution >= 4 is 21.8 Å². The van der Waals surface area contributed by atoms with Crippen LogP contribution in [0.2, 0.25) is 0 Å². The molecule has 1 rings (SSSR count).